The minimum absolute atomic E-state index is 0.0434. The maximum Gasteiger partial charge on any atom is 0.236 e. The van der Waals surface area contributed by atoms with Crippen LogP contribution in [0.4, 0.5) is 0 Å². The van der Waals surface area contributed by atoms with E-state index in [9.17, 15) is 4.79 Å². The third-order valence-corrected chi connectivity index (χ3v) is 4.26. The highest BCUT2D eigenvalue weighted by Crippen LogP contribution is 2.37. The van der Waals surface area contributed by atoms with Crippen LogP contribution in [0.3, 0.4) is 0 Å². The summed E-state index contributed by atoms with van der Waals surface area (Å²) in [6.07, 6.45) is 0. The summed E-state index contributed by atoms with van der Waals surface area (Å²) >= 11 is 5.28. The minimum atomic E-state index is -0.273. The van der Waals surface area contributed by atoms with Gasteiger partial charge in [0.25, 0.3) is 0 Å². The van der Waals surface area contributed by atoms with Crippen molar-refractivity contribution in [3.05, 3.63) is 71.8 Å². The zero-order chi connectivity index (χ0) is 14.8. The molecule has 0 saturated carbocycles. The Kier molecular flexibility index (Phi) is 3.71. The van der Waals surface area contributed by atoms with Crippen molar-refractivity contribution < 1.29 is 4.79 Å². The minimum Gasteiger partial charge on any atom is -0.344 e. The van der Waals surface area contributed by atoms with E-state index in [4.69, 9.17) is 12.2 Å². The van der Waals surface area contributed by atoms with Crippen molar-refractivity contribution in [1.29, 1.82) is 0 Å². The maximum absolute atomic E-state index is 12.5. The van der Waals surface area contributed by atoms with Crippen LogP contribution >= 0.6 is 12.2 Å². The molecule has 106 valence electrons. The molecule has 1 N–H and O–H groups in total. The van der Waals surface area contributed by atoms with Gasteiger partial charge in [0, 0.05) is 7.05 Å². The third kappa shape index (κ3) is 2.54. The van der Waals surface area contributed by atoms with Gasteiger partial charge in [-0.1, -0.05) is 60.7 Å². The largest absolute Gasteiger partial charge is 0.344 e. The lowest BCUT2D eigenvalue weighted by Crippen LogP contribution is -2.53. The smallest absolute Gasteiger partial charge is 0.236 e. The number of rotatable bonds is 2. The number of benzene rings is 2. The molecule has 0 spiro atoms. The fourth-order valence-corrected chi connectivity index (χ4v) is 3.04. The van der Waals surface area contributed by atoms with Gasteiger partial charge in [-0.05, 0) is 23.3 Å². The highest BCUT2D eigenvalue weighted by Gasteiger charge is 2.39. The monoisotopic (exact) mass is 296 g/mol. The second kappa shape index (κ2) is 5.66. The molecule has 1 fully saturated rings. The van der Waals surface area contributed by atoms with Crippen LogP contribution in [0.2, 0.25) is 0 Å². The summed E-state index contributed by atoms with van der Waals surface area (Å²) in [6, 6.07) is 19.8. The molecule has 1 amide bonds. The first-order valence-electron chi connectivity index (χ1n) is 6.86. The second-order valence-corrected chi connectivity index (χ2v) is 5.54. The number of nitrogens with one attached hydrogen (secondary N) is 1. The average molecular weight is 296 g/mol. The fourth-order valence-electron chi connectivity index (χ4n) is 2.82. The van der Waals surface area contributed by atoms with Crippen molar-refractivity contribution in [3.63, 3.8) is 0 Å². The Labute approximate surface area is 129 Å². The molecule has 3 nitrogen and oxygen atoms in total. The predicted octanol–water partition coefficient (Wildman–Crippen LogP) is 2.86. The number of hydrogen-bond donors (Lipinski definition) is 1. The molecular formula is C17H16N2OS. The molecule has 2 aromatic carbocycles. The van der Waals surface area contributed by atoms with Crippen molar-refractivity contribution in [3.8, 4) is 0 Å². The molecule has 1 aliphatic rings. The number of carbonyl (C=O) groups excluding carboxylic acids is 1. The second-order valence-electron chi connectivity index (χ2n) is 5.15. The van der Waals surface area contributed by atoms with E-state index in [0.29, 0.717) is 5.11 Å². The number of thiocarbonyl (C=S) groups is 1. The normalized spacial score (nSPS) is 22.0. The van der Waals surface area contributed by atoms with E-state index in [0.717, 1.165) is 11.1 Å². The van der Waals surface area contributed by atoms with Gasteiger partial charge in [-0.3, -0.25) is 4.79 Å². The Morgan fingerprint density at radius 2 is 1.48 bits per heavy atom. The summed E-state index contributed by atoms with van der Waals surface area (Å²) in [6.45, 7) is 0. The van der Waals surface area contributed by atoms with Crippen LogP contribution in [0.15, 0.2) is 60.7 Å². The van der Waals surface area contributed by atoms with Crippen molar-refractivity contribution in [2.75, 3.05) is 7.05 Å². The summed E-state index contributed by atoms with van der Waals surface area (Å²) in [7, 11) is 1.93. The van der Waals surface area contributed by atoms with Crippen LogP contribution in [0.5, 0.6) is 0 Å². The van der Waals surface area contributed by atoms with Gasteiger partial charge in [0.05, 0.1) is 12.0 Å². The van der Waals surface area contributed by atoms with Gasteiger partial charge >= 0.3 is 0 Å². The number of amides is 1. The Bertz CT molecular complexity index is 657. The molecule has 0 unspecified atom stereocenters. The van der Waals surface area contributed by atoms with Gasteiger partial charge in [0.15, 0.2) is 5.11 Å². The molecule has 0 aliphatic carbocycles. The molecule has 2 aromatic rings. The molecule has 21 heavy (non-hydrogen) atoms. The first kappa shape index (κ1) is 13.8. The van der Waals surface area contributed by atoms with Gasteiger partial charge in [-0.15, -0.1) is 0 Å². The summed E-state index contributed by atoms with van der Waals surface area (Å²) in [5.74, 6) is -0.316. The average Bonchev–Trinajstić information content (AvgIpc) is 2.52. The quantitative estimate of drug-likeness (QED) is 0.865. The Balaban J connectivity index is 2.09. The first-order chi connectivity index (χ1) is 10.2. The predicted molar refractivity (Wildman–Crippen MR) is 86.9 cm³/mol. The Morgan fingerprint density at radius 3 is 2.05 bits per heavy atom. The standard InChI is InChI=1S/C17H16N2OS/c1-19-15(13-10-6-3-7-11-13)14(16(20)18-17(19)21)12-8-4-2-5-9-12/h2-11,14-15H,1H3,(H,18,20,21)/t14-,15+/m0/s1. The lowest BCUT2D eigenvalue weighted by Gasteiger charge is -2.40. The van der Waals surface area contributed by atoms with Crippen LogP contribution in [-0.2, 0) is 4.79 Å². The van der Waals surface area contributed by atoms with E-state index >= 15 is 0 Å². The van der Waals surface area contributed by atoms with Crippen molar-refractivity contribution in [1.82, 2.24) is 10.2 Å². The van der Waals surface area contributed by atoms with E-state index < -0.39 is 0 Å². The fraction of sp³-hybridized carbons (Fsp3) is 0.176. The molecule has 0 aromatic heterocycles. The number of hydrogen-bond acceptors (Lipinski definition) is 2. The van der Waals surface area contributed by atoms with Gasteiger partial charge in [0.2, 0.25) is 5.91 Å². The first-order valence-corrected chi connectivity index (χ1v) is 7.27. The van der Waals surface area contributed by atoms with Gasteiger partial charge in [-0.25, -0.2) is 0 Å². The zero-order valence-electron chi connectivity index (χ0n) is 11.7. The lowest BCUT2D eigenvalue weighted by molar-refractivity contribution is -0.123. The molecule has 3 rings (SSSR count). The van der Waals surface area contributed by atoms with Crippen LogP contribution in [-0.4, -0.2) is 23.0 Å². The number of likely N-dealkylation sites (N-methyl/N-ethyl adjacent to an activating group) is 1. The van der Waals surface area contributed by atoms with Crippen molar-refractivity contribution >= 4 is 23.2 Å². The topological polar surface area (TPSA) is 32.3 Å². The van der Waals surface area contributed by atoms with E-state index in [2.05, 4.69) is 5.32 Å². The third-order valence-electron chi connectivity index (χ3n) is 3.87. The SMILES string of the molecule is CN1C(=S)NC(=O)[C@@H](c2ccccc2)[C@H]1c1ccccc1. The van der Waals surface area contributed by atoms with E-state index in [-0.39, 0.29) is 17.9 Å². The van der Waals surface area contributed by atoms with Crippen LogP contribution in [0.1, 0.15) is 23.1 Å². The van der Waals surface area contributed by atoms with Crippen LogP contribution < -0.4 is 5.32 Å². The zero-order valence-corrected chi connectivity index (χ0v) is 12.5. The van der Waals surface area contributed by atoms with Gasteiger partial charge in [-0.2, -0.15) is 0 Å². The van der Waals surface area contributed by atoms with Crippen molar-refractivity contribution in [2.45, 2.75) is 12.0 Å². The van der Waals surface area contributed by atoms with Crippen molar-refractivity contribution in [2.24, 2.45) is 0 Å². The van der Waals surface area contributed by atoms with Gasteiger partial charge < -0.3 is 10.2 Å². The lowest BCUT2D eigenvalue weighted by atomic mass is 9.84. The molecule has 0 radical (unpaired) electrons. The van der Waals surface area contributed by atoms with Gasteiger partial charge in [0.1, 0.15) is 0 Å². The molecule has 4 heteroatoms. The Hall–Kier alpha value is -2.20. The summed E-state index contributed by atoms with van der Waals surface area (Å²) in [4.78, 5) is 14.5. The molecule has 1 saturated heterocycles. The number of carbonyl (C=O) groups is 1. The number of nitrogens with zero attached hydrogens (tertiary/aromatic N) is 1. The molecule has 2 atom stereocenters. The summed E-state index contributed by atoms with van der Waals surface area (Å²) in [5.41, 5.74) is 2.09. The van der Waals surface area contributed by atoms with E-state index in [1.807, 2.05) is 72.6 Å². The van der Waals surface area contributed by atoms with E-state index in [1.54, 1.807) is 0 Å². The van der Waals surface area contributed by atoms with E-state index in [1.165, 1.54) is 0 Å². The molecule has 0 bridgehead atoms. The van der Waals surface area contributed by atoms with Crippen LogP contribution in [0.25, 0.3) is 0 Å². The highest BCUT2D eigenvalue weighted by molar-refractivity contribution is 7.80. The Morgan fingerprint density at radius 1 is 0.952 bits per heavy atom. The summed E-state index contributed by atoms with van der Waals surface area (Å²) in [5, 5.41) is 3.27. The molecular weight excluding hydrogens is 280 g/mol. The highest BCUT2D eigenvalue weighted by atomic mass is 32.1. The molecule has 1 heterocycles. The summed E-state index contributed by atoms with van der Waals surface area (Å²) < 4.78 is 0. The maximum atomic E-state index is 12.5. The molecule has 1 aliphatic heterocycles. The van der Waals surface area contributed by atoms with Crippen LogP contribution in [0, 0.1) is 0 Å².